The quantitative estimate of drug-likeness (QED) is 0.755. The second-order valence-corrected chi connectivity index (χ2v) is 7.25. The van der Waals surface area contributed by atoms with Crippen molar-refractivity contribution in [1.29, 1.82) is 0 Å². The molecule has 6 heteroatoms. The molecule has 0 spiro atoms. The topological polar surface area (TPSA) is 62.6 Å². The molecule has 1 N–H and O–H groups in total. The van der Waals surface area contributed by atoms with Gasteiger partial charge in [0.05, 0.1) is 6.26 Å². The third kappa shape index (κ3) is 5.08. The fourth-order valence-corrected chi connectivity index (χ4v) is 3.21. The van der Waals surface area contributed by atoms with Crippen LogP contribution < -0.4 is 5.32 Å². The van der Waals surface area contributed by atoms with Crippen LogP contribution in [0.4, 0.5) is 0 Å². The van der Waals surface area contributed by atoms with Crippen LogP contribution in [0.1, 0.15) is 29.0 Å². The maximum absolute atomic E-state index is 12.2. The molecule has 2 amide bonds. The van der Waals surface area contributed by atoms with Crippen LogP contribution in [0.3, 0.4) is 0 Å². The van der Waals surface area contributed by atoms with Gasteiger partial charge in [0.2, 0.25) is 5.91 Å². The number of piperidine rings is 1. The second kappa shape index (κ2) is 8.85. The molecule has 1 fully saturated rings. The smallest absolute Gasteiger partial charge is 0.251 e. The summed E-state index contributed by atoms with van der Waals surface area (Å²) in [5.41, 5.74) is 0.656. The van der Waals surface area contributed by atoms with Crippen molar-refractivity contribution in [2.75, 3.05) is 19.6 Å². The van der Waals surface area contributed by atoms with Crippen molar-refractivity contribution in [2.24, 2.45) is 5.92 Å². The summed E-state index contributed by atoms with van der Waals surface area (Å²) < 4.78 is 6.14. The fraction of sp³-hybridized carbons (Fsp3) is 0.300. The Morgan fingerprint density at radius 3 is 2.58 bits per heavy atom. The number of furan rings is 1. The predicted molar refractivity (Wildman–Crippen MR) is 104 cm³/mol. The minimum atomic E-state index is -0.0580. The van der Waals surface area contributed by atoms with E-state index in [4.69, 9.17) is 4.42 Å². The normalized spacial score (nSPS) is 15.3. The van der Waals surface area contributed by atoms with Gasteiger partial charge in [0.15, 0.2) is 0 Å². The molecule has 5 nitrogen and oxygen atoms in total. The minimum Gasteiger partial charge on any atom is -0.465 e. The van der Waals surface area contributed by atoms with Crippen molar-refractivity contribution >= 4 is 33.8 Å². The van der Waals surface area contributed by atoms with Gasteiger partial charge in [-0.3, -0.25) is 9.59 Å². The third-order valence-electron chi connectivity index (χ3n) is 4.52. The largest absolute Gasteiger partial charge is 0.465 e. The van der Waals surface area contributed by atoms with Gasteiger partial charge in [-0.2, -0.15) is 0 Å². The van der Waals surface area contributed by atoms with Gasteiger partial charge in [0.25, 0.3) is 5.91 Å². The van der Waals surface area contributed by atoms with Gasteiger partial charge in [-0.1, -0.05) is 15.9 Å². The summed E-state index contributed by atoms with van der Waals surface area (Å²) >= 11 is 3.36. The van der Waals surface area contributed by atoms with Gasteiger partial charge < -0.3 is 14.6 Å². The Labute approximate surface area is 161 Å². The van der Waals surface area contributed by atoms with E-state index in [1.54, 1.807) is 36.6 Å². The number of likely N-dealkylation sites (tertiary alicyclic amines) is 1. The molecule has 2 aromatic rings. The Kier molecular flexibility index (Phi) is 6.28. The van der Waals surface area contributed by atoms with Crippen LogP contribution >= 0.6 is 15.9 Å². The van der Waals surface area contributed by atoms with Crippen molar-refractivity contribution in [3.05, 3.63) is 64.5 Å². The molecular weight excluding hydrogens is 396 g/mol. The van der Waals surface area contributed by atoms with E-state index in [1.165, 1.54) is 0 Å². The van der Waals surface area contributed by atoms with Crippen LogP contribution in [-0.4, -0.2) is 36.3 Å². The predicted octanol–water partition coefficient (Wildman–Crippen LogP) is 3.72. The molecule has 2 heterocycles. The van der Waals surface area contributed by atoms with Gasteiger partial charge >= 0.3 is 0 Å². The average molecular weight is 417 g/mol. The van der Waals surface area contributed by atoms with Crippen LogP contribution in [-0.2, 0) is 4.79 Å². The molecule has 0 radical (unpaired) electrons. The number of carbonyl (C=O) groups is 2. The molecule has 26 heavy (non-hydrogen) atoms. The fourth-order valence-electron chi connectivity index (χ4n) is 2.94. The first-order valence-corrected chi connectivity index (χ1v) is 9.45. The number of benzene rings is 1. The van der Waals surface area contributed by atoms with E-state index in [0.29, 0.717) is 36.9 Å². The maximum atomic E-state index is 12.2. The lowest BCUT2D eigenvalue weighted by Gasteiger charge is -2.31. The monoisotopic (exact) mass is 416 g/mol. The number of carbonyl (C=O) groups excluding carboxylic acids is 2. The van der Waals surface area contributed by atoms with Gasteiger partial charge in [-0.05, 0) is 61.2 Å². The Morgan fingerprint density at radius 1 is 1.19 bits per heavy atom. The standard InChI is InChI=1S/C20H21BrN2O3/c21-17-5-3-16(4-6-17)20(25)22-14-15-9-11-23(12-10-15)19(24)8-7-18-2-1-13-26-18/h1-8,13,15H,9-12,14H2,(H,22,25)/b8-7+. The summed E-state index contributed by atoms with van der Waals surface area (Å²) in [5, 5.41) is 2.99. The zero-order chi connectivity index (χ0) is 18.4. The van der Waals surface area contributed by atoms with E-state index >= 15 is 0 Å². The zero-order valence-corrected chi connectivity index (χ0v) is 15.9. The lowest BCUT2D eigenvalue weighted by atomic mass is 9.96. The van der Waals surface area contributed by atoms with Gasteiger partial charge in [0.1, 0.15) is 5.76 Å². The Morgan fingerprint density at radius 2 is 1.92 bits per heavy atom. The molecule has 3 rings (SSSR count). The number of rotatable bonds is 5. The third-order valence-corrected chi connectivity index (χ3v) is 5.05. The van der Waals surface area contributed by atoms with E-state index in [9.17, 15) is 9.59 Å². The van der Waals surface area contributed by atoms with E-state index in [1.807, 2.05) is 23.1 Å². The highest BCUT2D eigenvalue weighted by Crippen LogP contribution is 2.17. The SMILES string of the molecule is O=C(NCC1CCN(C(=O)/C=C/c2ccco2)CC1)c1ccc(Br)cc1. The molecule has 0 unspecified atom stereocenters. The molecule has 1 aliphatic rings. The van der Waals surface area contributed by atoms with Crippen LogP contribution in [0.5, 0.6) is 0 Å². The molecule has 136 valence electrons. The number of hydrogen-bond acceptors (Lipinski definition) is 3. The average Bonchev–Trinajstić information content (AvgIpc) is 3.19. The summed E-state index contributed by atoms with van der Waals surface area (Å²) in [6.07, 6.45) is 6.60. The van der Waals surface area contributed by atoms with Crippen molar-refractivity contribution in [3.8, 4) is 0 Å². The molecule has 1 saturated heterocycles. The second-order valence-electron chi connectivity index (χ2n) is 6.33. The van der Waals surface area contributed by atoms with Crippen molar-refractivity contribution in [1.82, 2.24) is 10.2 Å². The van der Waals surface area contributed by atoms with Crippen molar-refractivity contribution in [2.45, 2.75) is 12.8 Å². The summed E-state index contributed by atoms with van der Waals surface area (Å²) in [4.78, 5) is 26.2. The molecule has 0 aliphatic carbocycles. The zero-order valence-electron chi connectivity index (χ0n) is 14.4. The lowest BCUT2D eigenvalue weighted by Crippen LogP contribution is -2.40. The van der Waals surface area contributed by atoms with Crippen LogP contribution in [0.2, 0.25) is 0 Å². The Bertz CT molecular complexity index is 761. The lowest BCUT2D eigenvalue weighted by molar-refractivity contribution is -0.127. The first kappa shape index (κ1) is 18.5. The molecular formula is C20H21BrN2O3. The summed E-state index contributed by atoms with van der Waals surface area (Å²) in [6.45, 7) is 2.06. The van der Waals surface area contributed by atoms with Gasteiger partial charge in [-0.15, -0.1) is 0 Å². The van der Waals surface area contributed by atoms with Crippen molar-refractivity contribution < 1.29 is 14.0 Å². The first-order chi connectivity index (χ1) is 12.6. The Balaban J connectivity index is 1.41. The van der Waals surface area contributed by atoms with Crippen molar-refractivity contribution in [3.63, 3.8) is 0 Å². The van der Waals surface area contributed by atoms with E-state index in [2.05, 4.69) is 21.2 Å². The van der Waals surface area contributed by atoms with Crippen LogP contribution in [0, 0.1) is 5.92 Å². The molecule has 1 aromatic heterocycles. The summed E-state index contributed by atoms with van der Waals surface area (Å²) in [7, 11) is 0. The molecule has 1 aliphatic heterocycles. The molecule has 0 bridgehead atoms. The molecule has 0 atom stereocenters. The van der Waals surface area contributed by atoms with E-state index in [0.717, 1.165) is 17.3 Å². The maximum Gasteiger partial charge on any atom is 0.251 e. The number of nitrogens with zero attached hydrogens (tertiary/aromatic N) is 1. The van der Waals surface area contributed by atoms with Gasteiger partial charge in [-0.25, -0.2) is 0 Å². The minimum absolute atomic E-state index is 0.00116. The highest BCUT2D eigenvalue weighted by Gasteiger charge is 2.22. The number of halogens is 1. The highest BCUT2D eigenvalue weighted by atomic mass is 79.9. The Hall–Kier alpha value is -2.34. The van der Waals surface area contributed by atoms with Gasteiger partial charge in [0, 0.05) is 35.7 Å². The highest BCUT2D eigenvalue weighted by molar-refractivity contribution is 9.10. The van der Waals surface area contributed by atoms with E-state index < -0.39 is 0 Å². The van der Waals surface area contributed by atoms with E-state index in [-0.39, 0.29) is 11.8 Å². The molecule has 1 aromatic carbocycles. The number of nitrogens with one attached hydrogen (secondary N) is 1. The number of amides is 2. The van der Waals surface area contributed by atoms with Crippen LogP contribution in [0.25, 0.3) is 6.08 Å². The van der Waals surface area contributed by atoms with Crippen LogP contribution in [0.15, 0.2) is 57.6 Å². The number of hydrogen-bond donors (Lipinski definition) is 1. The first-order valence-electron chi connectivity index (χ1n) is 8.66. The summed E-state index contributed by atoms with van der Waals surface area (Å²) in [6, 6.07) is 10.9. The molecule has 0 saturated carbocycles. The summed E-state index contributed by atoms with van der Waals surface area (Å²) in [5.74, 6) is 1.01.